The first-order chi connectivity index (χ1) is 13.6. The Kier molecular flexibility index (Phi) is 4.60. The zero-order valence-electron chi connectivity index (χ0n) is 15.3. The average molecular weight is 377 g/mol. The first-order valence-corrected chi connectivity index (χ1v) is 9.01. The van der Waals surface area contributed by atoms with E-state index in [1.54, 1.807) is 53.2 Å². The van der Waals surface area contributed by atoms with E-state index in [1.165, 1.54) is 12.4 Å². The van der Waals surface area contributed by atoms with Gasteiger partial charge in [-0.3, -0.25) is 14.4 Å². The molecule has 1 atom stereocenters. The summed E-state index contributed by atoms with van der Waals surface area (Å²) in [6.07, 6.45) is 3.66. The maximum absolute atomic E-state index is 13.1. The predicted octanol–water partition coefficient (Wildman–Crippen LogP) is 1.30. The van der Waals surface area contributed by atoms with Crippen LogP contribution >= 0.6 is 0 Å². The number of hydrogen-bond donors (Lipinski definition) is 1. The molecule has 1 fully saturated rings. The van der Waals surface area contributed by atoms with Gasteiger partial charge in [-0.25, -0.2) is 0 Å². The van der Waals surface area contributed by atoms with Crippen LogP contribution in [0.15, 0.2) is 53.6 Å². The molecule has 2 aromatic heterocycles. The van der Waals surface area contributed by atoms with Gasteiger partial charge in [-0.2, -0.15) is 5.10 Å². The summed E-state index contributed by atoms with van der Waals surface area (Å²) < 4.78 is 0. The van der Waals surface area contributed by atoms with Crippen LogP contribution in [0.1, 0.15) is 27.3 Å². The predicted molar refractivity (Wildman–Crippen MR) is 103 cm³/mol. The standard InChI is InChI=1S/C20H19N5O3/c1-24(20(28)17-7-4-9-22-23-17)13-8-10-25(12-13)19(27)16-11-21-18(26)15-6-3-2-5-14(15)16/h2-7,9,11,13H,8,10,12H2,1H3,(H,21,26). The number of nitrogens with zero attached hydrogens (tertiary/aromatic N) is 4. The molecule has 1 saturated heterocycles. The third kappa shape index (κ3) is 3.13. The van der Waals surface area contributed by atoms with E-state index >= 15 is 0 Å². The number of hydrogen-bond acceptors (Lipinski definition) is 5. The maximum Gasteiger partial charge on any atom is 0.274 e. The quantitative estimate of drug-likeness (QED) is 0.742. The highest BCUT2D eigenvalue weighted by atomic mass is 16.2. The molecule has 1 N–H and O–H groups in total. The molecule has 8 nitrogen and oxygen atoms in total. The molecular weight excluding hydrogens is 358 g/mol. The van der Waals surface area contributed by atoms with Gasteiger partial charge in [0.1, 0.15) is 0 Å². The molecule has 142 valence electrons. The molecule has 4 rings (SSSR count). The molecule has 0 bridgehead atoms. The normalized spacial score (nSPS) is 16.3. The zero-order valence-corrected chi connectivity index (χ0v) is 15.3. The summed E-state index contributed by atoms with van der Waals surface area (Å²) >= 11 is 0. The van der Waals surface area contributed by atoms with E-state index in [2.05, 4.69) is 15.2 Å². The van der Waals surface area contributed by atoms with Crippen molar-refractivity contribution in [1.82, 2.24) is 25.0 Å². The minimum absolute atomic E-state index is 0.104. The molecule has 0 spiro atoms. The van der Waals surface area contributed by atoms with Crippen molar-refractivity contribution in [3.05, 3.63) is 70.4 Å². The van der Waals surface area contributed by atoms with E-state index in [1.807, 2.05) is 0 Å². The lowest BCUT2D eigenvalue weighted by Crippen LogP contribution is -2.40. The van der Waals surface area contributed by atoms with E-state index in [0.717, 1.165) is 0 Å². The minimum atomic E-state index is -0.222. The number of carbonyl (C=O) groups is 2. The van der Waals surface area contributed by atoms with Crippen LogP contribution in [0.2, 0.25) is 0 Å². The molecule has 28 heavy (non-hydrogen) atoms. The van der Waals surface area contributed by atoms with E-state index in [-0.39, 0.29) is 29.1 Å². The number of likely N-dealkylation sites (tertiary alicyclic amines) is 1. The maximum atomic E-state index is 13.1. The lowest BCUT2D eigenvalue weighted by atomic mass is 10.1. The van der Waals surface area contributed by atoms with Gasteiger partial charge >= 0.3 is 0 Å². The fourth-order valence-corrected chi connectivity index (χ4v) is 3.56. The van der Waals surface area contributed by atoms with Crippen LogP contribution in [-0.4, -0.2) is 63.0 Å². The first kappa shape index (κ1) is 17.8. The third-order valence-corrected chi connectivity index (χ3v) is 5.15. The molecule has 3 heterocycles. The minimum Gasteiger partial charge on any atom is -0.336 e. The largest absolute Gasteiger partial charge is 0.336 e. The average Bonchev–Trinajstić information content (AvgIpc) is 3.23. The third-order valence-electron chi connectivity index (χ3n) is 5.15. The van der Waals surface area contributed by atoms with Crippen LogP contribution < -0.4 is 5.56 Å². The number of H-pyrrole nitrogens is 1. The topological polar surface area (TPSA) is 99.3 Å². The molecule has 0 saturated carbocycles. The van der Waals surface area contributed by atoms with Gasteiger partial charge in [0.2, 0.25) is 0 Å². The van der Waals surface area contributed by atoms with Crippen molar-refractivity contribution in [2.24, 2.45) is 0 Å². The van der Waals surface area contributed by atoms with Gasteiger partial charge in [0.05, 0.1) is 11.6 Å². The number of pyridine rings is 1. The highest BCUT2D eigenvalue weighted by Gasteiger charge is 2.32. The highest BCUT2D eigenvalue weighted by Crippen LogP contribution is 2.21. The molecule has 3 aromatic rings. The molecule has 1 unspecified atom stereocenters. The Morgan fingerprint density at radius 3 is 2.71 bits per heavy atom. The number of rotatable bonds is 3. The Morgan fingerprint density at radius 1 is 1.18 bits per heavy atom. The number of likely N-dealkylation sites (N-methyl/N-ethyl adjacent to an activating group) is 1. The Labute approximate surface area is 160 Å². The Balaban J connectivity index is 1.53. The monoisotopic (exact) mass is 377 g/mol. The summed E-state index contributed by atoms with van der Waals surface area (Å²) in [5.74, 6) is -0.378. The SMILES string of the molecule is CN(C(=O)c1cccnn1)C1CCN(C(=O)c2c[nH]c(=O)c3ccccc23)C1. The van der Waals surface area contributed by atoms with Crippen LogP contribution in [-0.2, 0) is 0 Å². The molecule has 1 aliphatic heterocycles. The van der Waals surface area contributed by atoms with Gasteiger partial charge in [-0.05, 0) is 24.6 Å². The van der Waals surface area contributed by atoms with Crippen molar-refractivity contribution in [1.29, 1.82) is 0 Å². The Hall–Kier alpha value is -3.55. The number of fused-ring (bicyclic) bond motifs is 1. The Bertz CT molecular complexity index is 1100. The zero-order chi connectivity index (χ0) is 19.7. The van der Waals surface area contributed by atoms with E-state index in [4.69, 9.17) is 0 Å². The van der Waals surface area contributed by atoms with Crippen molar-refractivity contribution in [2.45, 2.75) is 12.5 Å². The van der Waals surface area contributed by atoms with Crippen molar-refractivity contribution in [3.8, 4) is 0 Å². The summed E-state index contributed by atoms with van der Waals surface area (Å²) in [5, 5.41) is 8.72. The molecular formula is C20H19N5O3. The summed E-state index contributed by atoms with van der Waals surface area (Å²) in [7, 11) is 1.71. The van der Waals surface area contributed by atoms with Crippen molar-refractivity contribution in [2.75, 3.05) is 20.1 Å². The number of carbonyl (C=O) groups excluding carboxylic acids is 2. The summed E-state index contributed by atoms with van der Waals surface area (Å²) in [6, 6.07) is 10.2. The second-order valence-corrected chi connectivity index (χ2v) is 6.80. The summed E-state index contributed by atoms with van der Waals surface area (Å²) in [5.41, 5.74) is 0.515. The lowest BCUT2D eigenvalue weighted by molar-refractivity contribution is 0.0696. The van der Waals surface area contributed by atoms with E-state index < -0.39 is 0 Å². The number of benzene rings is 1. The number of aromatic nitrogens is 3. The fraction of sp³-hybridized carbons (Fsp3) is 0.250. The molecule has 8 heteroatoms. The van der Waals surface area contributed by atoms with E-state index in [0.29, 0.717) is 35.8 Å². The van der Waals surface area contributed by atoms with Gasteiger partial charge in [0, 0.05) is 43.3 Å². The second-order valence-electron chi connectivity index (χ2n) is 6.80. The van der Waals surface area contributed by atoms with Crippen LogP contribution in [0.25, 0.3) is 10.8 Å². The van der Waals surface area contributed by atoms with E-state index in [9.17, 15) is 14.4 Å². The van der Waals surface area contributed by atoms with Gasteiger partial charge in [-0.15, -0.1) is 5.10 Å². The van der Waals surface area contributed by atoms with Crippen LogP contribution in [0.3, 0.4) is 0 Å². The second kappa shape index (κ2) is 7.22. The summed E-state index contributed by atoms with van der Waals surface area (Å²) in [4.78, 5) is 43.6. The molecule has 0 aliphatic carbocycles. The van der Waals surface area contributed by atoms with Gasteiger partial charge in [-0.1, -0.05) is 18.2 Å². The van der Waals surface area contributed by atoms with Gasteiger partial charge in [0.15, 0.2) is 5.69 Å². The van der Waals surface area contributed by atoms with Crippen molar-refractivity contribution >= 4 is 22.6 Å². The number of aromatic amines is 1. The smallest absolute Gasteiger partial charge is 0.274 e. The molecule has 0 radical (unpaired) electrons. The van der Waals surface area contributed by atoms with Gasteiger partial charge in [0.25, 0.3) is 17.4 Å². The van der Waals surface area contributed by atoms with Crippen LogP contribution in [0.4, 0.5) is 0 Å². The Morgan fingerprint density at radius 2 is 1.96 bits per heavy atom. The first-order valence-electron chi connectivity index (χ1n) is 9.01. The summed E-state index contributed by atoms with van der Waals surface area (Å²) in [6.45, 7) is 0.962. The van der Waals surface area contributed by atoms with Crippen LogP contribution in [0, 0.1) is 0 Å². The fourth-order valence-electron chi connectivity index (χ4n) is 3.56. The molecule has 1 aliphatic rings. The number of amides is 2. The van der Waals surface area contributed by atoms with Crippen LogP contribution in [0.5, 0.6) is 0 Å². The molecule has 2 amide bonds. The number of nitrogens with one attached hydrogen (secondary N) is 1. The van der Waals surface area contributed by atoms with Gasteiger partial charge < -0.3 is 14.8 Å². The molecule has 1 aromatic carbocycles. The highest BCUT2D eigenvalue weighted by molar-refractivity contribution is 6.06. The lowest BCUT2D eigenvalue weighted by Gasteiger charge is -2.24. The van der Waals surface area contributed by atoms with Crippen molar-refractivity contribution in [3.63, 3.8) is 0 Å². The van der Waals surface area contributed by atoms with Crippen molar-refractivity contribution < 1.29 is 9.59 Å².